The summed E-state index contributed by atoms with van der Waals surface area (Å²) in [5, 5.41) is 5.47. The highest BCUT2D eigenvalue weighted by molar-refractivity contribution is 6.04. The van der Waals surface area contributed by atoms with Crippen molar-refractivity contribution in [2.24, 2.45) is 0 Å². The molecule has 160 valence electrons. The maximum absolute atomic E-state index is 14.4. The third-order valence-electron chi connectivity index (χ3n) is 5.08. The monoisotopic (exact) mass is 425 g/mol. The number of furan rings is 1. The Balaban J connectivity index is 1.45. The van der Waals surface area contributed by atoms with Crippen LogP contribution < -0.4 is 15.5 Å². The Kier molecular flexibility index (Phi) is 5.97. The standard InChI is InChI=1S/C23H21F2N3O3/c24-16-11-15-5-3-9-28(22(15)19(25)12-16)14-21(29)27-20-8-2-1-7-18(20)23(30)26-13-17-6-4-10-31-17/h1-2,4,6-8,10-12H,3,5,9,13-14H2,(H,26,30)(H,27,29). The highest BCUT2D eigenvalue weighted by atomic mass is 19.1. The average Bonchev–Trinajstić information content (AvgIpc) is 3.25. The van der Waals surface area contributed by atoms with Gasteiger partial charge in [0.25, 0.3) is 5.91 Å². The van der Waals surface area contributed by atoms with E-state index >= 15 is 0 Å². The lowest BCUT2D eigenvalue weighted by atomic mass is 10.0. The summed E-state index contributed by atoms with van der Waals surface area (Å²) in [4.78, 5) is 26.9. The van der Waals surface area contributed by atoms with Crippen molar-refractivity contribution in [2.45, 2.75) is 19.4 Å². The van der Waals surface area contributed by atoms with E-state index < -0.39 is 17.5 Å². The topological polar surface area (TPSA) is 74.6 Å². The number of hydrogen-bond donors (Lipinski definition) is 2. The molecule has 0 saturated carbocycles. The Morgan fingerprint density at radius 3 is 2.74 bits per heavy atom. The predicted octanol–water partition coefficient (Wildman–Crippen LogP) is 3.88. The van der Waals surface area contributed by atoms with Crippen LogP contribution in [0.4, 0.5) is 20.2 Å². The second-order valence-electron chi connectivity index (χ2n) is 7.28. The Hall–Kier alpha value is -3.68. The first kappa shape index (κ1) is 20.6. The number of halogens is 2. The van der Waals surface area contributed by atoms with Gasteiger partial charge in [-0.25, -0.2) is 8.78 Å². The van der Waals surface area contributed by atoms with Crippen LogP contribution in [-0.2, 0) is 17.8 Å². The summed E-state index contributed by atoms with van der Waals surface area (Å²) in [6.07, 6.45) is 2.77. The minimum atomic E-state index is -0.680. The molecule has 0 radical (unpaired) electrons. The zero-order chi connectivity index (χ0) is 21.8. The zero-order valence-electron chi connectivity index (χ0n) is 16.7. The first-order valence-corrected chi connectivity index (χ1v) is 9.93. The summed E-state index contributed by atoms with van der Waals surface area (Å²) < 4.78 is 33.1. The number of benzene rings is 2. The van der Waals surface area contributed by atoms with Crippen LogP contribution in [0.1, 0.15) is 28.1 Å². The molecule has 0 fully saturated rings. The van der Waals surface area contributed by atoms with E-state index in [2.05, 4.69) is 10.6 Å². The van der Waals surface area contributed by atoms with Gasteiger partial charge in [-0.15, -0.1) is 0 Å². The molecule has 0 spiro atoms. The number of fused-ring (bicyclic) bond motifs is 1. The fourth-order valence-corrected chi connectivity index (χ4v) is 3.72. The number of para-hydroxylation sites is 1. The molecule has 1 aliphatic rings. The van der Waals surface area contributed by atoms with E-state index in [0.29, 0.717) is 42.0 Å². The van der Waals surface area contributed by atoms with Crippen LogP contribution in [0.2, 0.25) is 0 Å². The lowest BCUT2D eigenvalue weighted by Gasteiger charge is -2.31. The molecule has 1 aromatic heterocycles. The van der Waals surface area contributed by atoms with E-state index in [4.69, 9.17) is 4.42 Å². The van der Waals surface area contributed by atoms with Crippen LogP contribution in [0.3, 0.4) is 0 Å². The number of aryl methyl sites for hydroxylation is 1. The molecule has 0 aliphatic carbocycles. The molecule has 3 aromatic rings. The summed E-state index contributed by atoms with van der Waals surface area (Å²) in [6.45, 7) is 0.584. The lowest BCUT2D eigenvalue weighted by Crippen LogP contribution is -2.38. The SMILES string of the molecule is O=C(CN1CCCc2cc(F)cc(F)c21)Nc1ccccc1C(=O)NCc1ccco1. The predicted molar refractivity (Wildman–Crippen MR) is 112 cm³/mol. The molecule has 2 aromatic carbocycles. The molecule has 2 N–H and O–H groups in total. The first-order chi connectivity index (χ1) is 15.0. The van der Waals surface area contributed by atoms with Gasteiger partial charge in [0.1, 0.15) is 17.4 Å². The number of carbonyl (C=O) groups excluding carboxylic acids is 2. The van der Waals surface area contributed by atoms with E-state index in [1.807, 2.05) is 0 Å². The van der Waals surface area contributed by atoms with Crippen LogP contribution in [0.15, 0.2) is 59.2 Å². The van der Waals surface area contributed by atoms with Gasteiger partial charge in [-0.2, -0.15) is 0 Å². The van der Waals surface area contributed by atoms with Gasteiger partial charge in [-0.1, -0.05) is 12.1 Å². The van der Waals surface area contributed by atoms with Gasteiger partial charge in [0.2, 0.25) is 5.91 Å². The van der Waals surface area contributed by atoms with Crippen molar-refractivity contribution in [1.29, 1.82) is 0 Å². The molecule has 0 atom stereocenters. The van der Waals surface area contributed by atoms with Crippen LogP contribution in [-0.4, -0.2) is 24.9 Å². The van der Waals surface area contributed by atoms with Crippen molar-refractivity contribution >= 4 is 23.2 Å². The molecular weight excluding hydrogens is 404 g/mol. The number of hydrogen-bond acceptors (Lipinski definition) is 4. The number of rotatable bonds is 6. The number of nitrogens with one attached hydrogen (secondary N) is 2. The molecule has 31 heavy (non-hydrogen) atoms. The summed E-state index contributed by atoms with van der Waals surface area (Å²) in [6, 6.07) is 12.2. The van der Waals surface area contributed by atoms with E-state index in [9.17, 15) is 18.4 Å². The molecule has 1 aliphatic heterocycles. The van der Waals surface area contributed by atoms with Gasteiger partial charge in [0.15, 0.2) is 0 Å². The summed E-state index contributed by atoms with van der Waals surface area (Å²) in [5.41, 5.74) is 1.46. The summed E-state index contributed by atoms with van der Waals surface area (Å²) in [7, 11) is 0. The van der Waals surface area contributed by atoms with Crippen molar-refractivity contribution in [3.63, 3.8) is 0 Å². The Bertz CT molecular complexity index is 1100. The maximum atomic E-state index is 14.4. The fraction of sp³-hybridized carbons (Fsp3) is 0.217. The van der Waals surface area contributed by atoms with Crippen molar-refractivity contribution in [3.8, 4) is 0 Å². The van der Waals surface area contributed by atoms with Crippen molar-refractivity contribution in [2.75, 3.05) is 23.3 Å². The average molecular weight is 425 g/mol. The van der Waals surface area contributed by atoms with Gasteiger partial charge in [0, 0.05) is 12.6 Å². The van der Waals surface area contributed by atoms with E-state index in [1.165, 1.54) is 12.3 Å². The quantitative estimate of drug-likeness (QED) is 0.629. The molecule has 4 rings (SSSR count). The third kappa shape index (κ3) is 4.74. The van der Waals surface area contributed by atoms with Gasteiger partial charge in [-0.05, 0) is 48.7 Å². The Morgan fingerprint density at radius 2 is 1.94 bits per heavy atom. The van der Waals surface area contributed by atoms with Crippen LogP contribution in [0, 0.1) is 11.6 Å². The summed E-state index contributed by atoms with van der Waals surface area (Å²) in [5.74, 6) is -1.46. The minimum Gasteiger partial charge on any atom is -0.467 e. The molecule has 2 amide bonds. The van der Waals surface area contributed by atoms with E-state index in [0.717, 1.165) is 6.07 Å². The number of anilines is 2. The number of nitrogens with zero attached hydrogens (tertiary/aromatic N) is 1. The lowest BCUT2D eigenvalue weighted by molar-refractivity contribution is -0.115. The van der Waals surface area contributed by atoms with Crippen LogP contribution in [0.5, 0.6) is 0 Å². The number of amides is 2. The molecule has 6 nitrogen and oxygen atoms in total. The van der Waals surface area contributed by atoms with Crippen LogP contribution >= 0.6 is 0 Å². The first-order valence-electron chi connectivity index (χ1n) is 9.93. The molecule has 2 heterocycles. The third-order valence-corrected chi connectivity index (χ3v) is 5.08. The molecule has 8 heteroatoms. The fourth-order valence-electron chi connectivity index (χ4n) is 3.72. The number of carbonyl (C=O) groups is 2. The Morgan fingerprint density at radius 1 is 1.10 bits per heavy atom. The minimum absolute atomic E-state index is 0.113. The van der Waals surface area contributed by atoms with Gasteiger partial charge >= 0.3 is 0 Å². The van der Waals surface area contributed by atoms with Crippen LogP contribution in [0.25, 0.3) is 0 Å². The second kappa shape index (κ2) is 8.99. The maximum Gasteiger partial charge on any atom is 0.253 e. The molecule has 0 bridgehead atoms. The van der Waals surface area contributed by atoms with Crippen molar-refractivity contribution < 1.29 is 22.8 Å². The largest absolute Gasteiger partial charge is 0.467 e. The second-order valence-corrected chi connectivity index (χ2v) is 7.28. The zero-order valence-corrected chi connectivity index (χ0v) is 16.7. The van der Waals surface area contributed by atoms with Gasteiger partial charge in [0.05, 0.1) is 36.3 Å². The van der Waals surface area contributed by atoms with Gasteiger partial charge < -0.3 is 20.0 Å². The summed E-state index contributed by atoms with van der Waals surface area (Å²) >= 11 is 0. The normalized spacial score (nSPS) is 12.9. The highest BCUT2D eigenvalue weighted by Crippen LogP contribution is 2.31. The molecular formula is C23H21F2N3O3. The van der Waals surface area contributed by atoms with E-state index in [-0.39, 0.29) is 24.7 Å². The van der Waals surface area contributed by atoms with Crippen molar-refractivity contribution in [3.05, 3.63) is 83.3 Å². The molecule has 0 unspecified atom stereocenters. The molecule has 0 saturated heterocycles. The Labute approximate surface area is 177 Å². The van der Waals surface area contributed by atoms with Gasteiger partial charge in [-0.3, -0.25) is 9.59 Å². The van der Waals surface area contributed by atoms with E-state index in [1.54, 1.807) is 41.3 Å². The smallest absolute Gasteiger partial charge is 0.253 e. The van der Waals surface area contributed by atoms with Crippen molar-refractivity contribution in [1.82, 2.24) is 5.32 Å². The highest BCUT2D eigenvalue weighted by Gasteiger charge is 2.24.